The molecule has 0 bridgehead atoms. The van der Waals surface area contributed by atoms with E-state index in [1.54, 1.807) is 18.5 Å². The fraction of sp³-hybridized carbons (Fsp3) is 0.105. The molecule has 6 nitrogen and oxygen atoms in total. The average Bonchev–Trinajstić information content (AvgIpc) is 3.06. The molecule has 0 spiro atoms. The Morgan fingerprint density at radius 2 is 1.75 bits per heavy atom. The lowest BCUT2D eigenvalue weighted by atomic mass is 10.1. The van der Waals surface area contributed by atoms with E-state index in [9.17, 15) is 13.2 Å². The Morgan fingerprint density at radius 3 is 2.50 bits per heavy atom. The molecule has 2 heterocycles. The van der Waals surface area contributed by atoms with Crippen molar-refractivity contribution >= 4 is 22.7 Å². The van der Waals surface area contributed by atoms with Crippen molar-refractivity contribution in [1.82, 2.24) is 20.2 Å². The minimum atomic E-state index is -4.41. The number of aromatic nitrogens is 4. The molecule has 4 rings (SSSR count). The van der Waals surface area contributed by atoms with Gasteiger partial charge in [0.2, 0.25) is 5.95 Å². The number of H-pyrrole nitrogens is 1. The van der Waals surface area contributed by atoms with Crippen LogP contribution in [0.15, 0.2) is 54.9 Å². The number of nitrogen functional groups attached to an aromatic ring is 1. The number of halogens is 3. The van der Waals surface area contributed by atoms with Crippen LogP contribution in [-0.4, -0.2) is 20.2 Å². The standard InChI is InChI=1S/C19H15F3N6/c20-19(21,22)15-4-2-1-3-12(15)8-24-18-25-9-13(10-26-18)11-5-6-14-16(7-11)27-28-17(14)23/h1-7,9-10H,8H2,(H3,23,27,28)(H,24,25,26). The van der Waals surface area contributed by atoms with E-state index in [0.29, 0.717) is 5.82 Å². The molecule has 0 saturated carbocycles. The van der Waals surface area contributed by atoms with E-state index in [-0.39, 0.29) is 18.1 Å². The number of hydrogen-bond acceptors (Lipinski definition) is 5. The van der Waals surface area contributed by atoms with Crippen LogP contribution >= 0.6 is 0 Å². The molecule has 0 unspecified atom stereocenters. The molecule has 142 valence electrons. The zero-order chi connectivity index (χ0) is 19.7. The molecule has 2 aromatic heterocycles. The van der Waals surface area contributed by atoms with Gasteiger partial charge in [-0.3, -0.25) is 5.10 Å². The zero-order valence-corrected chi connectivity index (χ0v) is 14.5. The highest BCUT2D eigenvalue weighted by molar-refractivity contribution is 5.91. The number of aromatic amines is 1. The maximum atomic E-state index is 13.1. The van der Waals surface area contributed by atoms with Crippen LogP contribution in [0.3, 0.4) is 0 Å². The minimum Gasteiger partial charge on any atom is -0.382 e. The molecule has 0 saturated heterocycles. The predicted molar refractivity (Wildman–Crippen MR) is 100 cm³/mol. The summed E-state index contributed by atoms with van der Waals surface area (Å²) in [7, 11) is 0. The number of anilines is 2. The topological polar surface area (TPSA) is 92.5 Å². The van der Waals surface area contributed by atoms with E-state index in [2.05, 4.69) is 25.5 Å². The maximum Gasteiger partial charge on any atom is 0.416 e. The van der Waals surface area contributed by atoms with Crippen LogP contribution < -0.4 is 11.1 Å². The van der Waals surface area contributed by atoms with Gasteiger partial charge in [-0.25, -0.2) is 9.97 Å². The molecule has 2 aromatic carbocycles. The van der Waals surface area contributed by atoms with Crippen molar-refractivity contribution in [3.8, 4) is 11.1 Å². The van der Waals surface area contributed by atoms with Crippen molar-refractivity contribution in [2.24, 2.45) is 0 Å². The lowest BCUT2D eigenvalue weighted by Gasteiger charge is -2.13. The summed E-state index contributed by atoms with van der Waals surface area (Å²) in [4.78, 5) is 8.39. The summed E-state index contributed by atoms with van der Waals surface area (Å²) in [6.45, 7) is -0.0333. The Bertz CT molecular complexity index is 1120. The highest BCUT2D eigenvalue weighted by atomic mass is 19.4. The molecule has 0 amide bonds. The summed E-state index contributed by atoms with van der Waals surface area (Å²) in [5.41, 5.74) is 7.63. The monoisotopic (exact) mass is 384 g/mol. The largest absolute Gasteiger partial charge is 0.416 e. The van der Waals surface area contributed by atoms with Crippen LogP contribution in [-0.2, 0) is 12.7 Å². The summed E-state index contributed by atoms with van der Waals surface area (Å²) in [6.07, 6.45) is -1.20. The minimum absolute atomic E-state index is 0.0333. The Morgan fingerprint density at radius 1 is 1.00 bits per heavy atom. The molecule has 0 radical (unpaired) electrons. The van der Waals surface area contributed by atoms with Crippen LogP contribution in [0.5, 0.6) is 0 Å². The van der Waals surface area contributed by atoms with Crippen molar-refractivity contribution < 1.29 is 13.2 Å². The van der Waals surface area contributed by atoms with E-state index < -0.39 is 11.7 Å². The lowest BCUT2D eigenvalue weighted by Crippen LogP contribution is -2.12. The Kier molecular flexibility index (Phi) is 4.34. The van der Waals surface area contributed by atoms with Crippen LogP contribution in [0.1, 0.15) is 11.1 Å². The summed E-state index contributed by atoms with van der Waals surface area (Å²) in [5.74, 6) is 0.670. The van der Waals surface area contributed by atoms with Crippen molar-refractivity contribution in [1.29, 1.82) is 0 Å². The van der Waals surface area contributed by atoms with E-state index in [1.165, 1.54) is 12.1 Å². The Hall–Kier alpha value is -3.62. The van der Waals surface area contributed by atoms with E-state index in [0.717, 1.165) is 28.1 Å². The van der Waals surface area contributed by atoms with Crippen molar-refractivity contribution in [2.75, 3.05) is 11.1 Å². The number of benzene rings is 2. The highest BCUT2D eigenvalue weighted by Crippen LogP contribution is 2.32. The van der Waals surface area contributed by atoms with E-state index >= 15 is 0 Å². The molecule has 9 heteroatoms. The molecule has 0 aliphatic carbocycles. The number of nitrogens with zero attached hydrogens (tertiary/aromatic N) is 3. The molecule has 28 heavy (non-hydrogen) atoms. The van der Waals surface area contributed by atoms with Gasteiger partial charge >= 0.3 is 6.18 Å². The Balaban J connectivity index is 1.51. The molecule has 4 N–H and O–H groups in total. The van der Waals surface area contributed by atoms with Gasteiger partial charge in [0.25, 0.3) is 0 Å². The van der Waals surface area contributed by atoms with Gasteiger partial charge in [0.1, 0.15) is 0 Å². The SMILES string of the molecule is Nc1n[nH]c2cc(-c3cnc(NCc4ccccc4C(F)(F)F)nc3)ccc12. The summed E-state index contributed by atoms with van der Waals surface area (Å²) >= 11 is 0. The van der Waals surface area contributed by atoms with Gasteiger partial charge in [0.15, 0.2) is 5.82 Å². The van der Waals surface area contributed by atoms with Gasteiger partial charge < -0.3 is 11.1 Å². The maximum absolute atomic E-state index is 13.1. The van der Waals surface area contributed by atoms with Gasteiger partial charge in [0.05, 0.1) is 11.1 Å². The number of rotatable bonds is 4. The van der Waals surface area contributed by atoms with Crippen LogP contribution in [0, 0.1) is 0 Å². The second-order valence-corrected chi connectivity index (χ2v) is 6.17. The quantitative estimate of drug-likeness (QED) is 0.490. The number of hydrogen-bond donors (Lipinski definition) is 3. The average molecular weight is 384 g/mol. The molecular formula is C19H15F3N6. The Labute approximate surface area is 157 Å². The van der Waals surface area contributed by atoms with E-state index in [1.807, 2.05) is 18.2 Å². The first-order chi connectivity index (χ1) is 13.4. The molecule has 0 aliphatic heterocycles. The third-order valence-corrected chi connectivity index (χ3v) is 4.34. The molecule has 0 aliphatic rings. The molecule has 4 aromatic rings. The van der Waals surface area contributed by atoms with Gasteiger partial charge in [-0.05, 0) is 29.3 Å². The fourth-order valence-electron chi connectivity index (χ4n) is 2.91. The second kappa shape index (κ2) is 6.84. The normalized spacial score (nSPS) is 11.7. The van der Waals surface area contributed by atoms with Crippen LogP contribution in [0.4, 0.5) is 24.9 Å². The first-order valence-electron chi connectivity index (χ1n) is 8.37. The van der Waals surface area contributed by atoms with Crippen LogP contribution in [0.25, 0.3) is 22.0 Å². The predicted octanol–water partition coefficient (Wildman–Crippen LogP) is 4.23. The summed E-state index contributed by atoms with van der Waals surface area (Å²) in [6, 6.07) is 11.0. The second-order valence-electron chi connectivity index (χ2n) is 6.17. The van der Waals surface area contributed by atoms with Crippen molar-refractivity contribution in [2.45, 2.75) is 12.7 Å². The number of nitrogens with one attached hydrogen (secondary N) is 2. The first-order valence-corrected chi connectivity index (χ1v) is 8.37. The third-order valence-electron chi connectivity index (χ3n) is 4.34. The first kappa shape index (κ1) is 17.8. The van der Waals surface area contributed by atoms with Crippen LogP contribution in [0.2, 0.25) is 0 Å². The smallest absolute Gasteiger partial charge is 0.382 e. The molecule has 0 atom stereocenters. The van der Waals surface area contributed by atoms with Gasteiger partial charge in [0, 0.05) is 29.9 Å². The van der Waals surface area contributed by atoms with E-state index in [4.69, 9.17) is 5.73 Å². The summed E-state index contributed by atoms with van der Waals surface area (Å²) < 4.78 is 39.2. The zero-order valence-electron chi connectivity index (χ0n) is 14.5. The number of nitrogens with two attached hydrogens (primary N) is 1. The fourth-order valence-corrected chi connectivity index (χ4v) is 2.91. The molecule has 0 fully saturated rings. The van der Waals surface area contributed by atoms with Gasteiger partial charge in [-0.2, -0.15) is 18.3 Å². The highest BCUT2D eigenvalue weighted by Gasteiger charge is 2.32. The lowest BCUT2D eigenvalue weighted by molar-refractivity contribution is -0.138. The third kappa shape index (κ3) is 3.46. The molecular weight excluding hydrogens is 369 g/mol. The van der Waals surface area contributed by atoms with Gasteiger partial charge in [-0.1, -0.05) is 24.3 Å². The summed E-state index contributed by atoms with van der Waals surface area (Å²) in [5, 5.41) is 10.5. The van der Waals surface area contributed by atoms with Gasteiger partial charge in [-0.15, -0.1) is 0 Å². The van der Waals surface area contributed by atoms with Crippen molar-refractivity contribution in [3.05, 3.63) is 66.0 Å². The number of alkyl halides is 3. The van der Waals surface area contributed by atoms with Crippen molar-refractivity contribution in [3.63, 3.8) is 0 Å². The number of fused-ring (bicyclic) bond motifs is 1.